The molecule has 0 aliphatic heterocycles. The van der Waals surface area contributed by atoms with Crippen LogP contribution in [0.2, 0.25) is 0 Å². The van der Waals surface area contributed by atoms with Crippen molar-refractivity contribution in [3.63, 3.8) is 0 Å². The summed E-state index contributed by atoms with van der Waals surface area (Å²) in [5.41, 5.74) is 0. The number of esters is 2. The number of ether oxygens (including phenoxy) is 2. The minimum absolute atomic E-state index is 0.410. The van der Waals surface area contributed by atoms with E-state index in [1.54, 1.807) is 0 Å². The van der Waals surface area contributed by atoms with Gasteiger partial charge in [-0.1, -0.05) is 0 Å². The number of amides is 2. The van der Waals surface area contributed by atoms with Crippen LogP contribution in [0, 0.1) is 0 Å². The van der Waals surface area contributed by atoms with E-state index in [2.05, 4.69) is 14.8 Å². The summed E-state index contributed by atoms with van der Waals surface area (Å²) in [6.45, 7) is -0.410. The molecule has 0 aromatic rings. The zero-order valence-corrected chi connectivity index (χ0v) is 9.89. The number of carboxylic acids is 1. The summed E-state index contributed by atoms with van der Waals surface area (Å²) in [6, 6.07) is -2.34. The number of carboxylic acid groups (broad SMARTS) is 1. The number of aliphatic carboxylic acids is 1. The number of urea groups is 1. The Morgan fingerprint density at radius 2 is 1.67 bits per heavy atom. The van der Waals surface area contributed by atoms with Crippen molar-refractivity contribution in [3.8, 4) is 0 Å². The molecule has 9 nitrogen and oxygen atoms in total. The maximum atomic E-state index is 11.2. The number of methoxy groups -OCH3 is 2. The van der Waals surface area contributed by atoms with Crippen molar-refractivity contribution < 1.29 is 33.8 Å². The van der Waals surface area contributed by atoms with Gasteiger partial charge in [0.05, 0.1) is 20.6 Å². The van der Waals surface area contributed by atoms with E-state index in [0.717, 1.165) is 14.2 Å². The van der Waals surface area contributed by atoms with Crippen molar-refractivity contribution >= 4 is 23.9 Å². The standard InChI is InChI=1S/C9H14N2O7/c1-17-6(12)3-5(8(14)15)11-9(16)10-4-7(13)18-2/h5H,3-4H2,1-2H3,(H,14,15)(H2,10,11,16)/t5-/m0/s1. The molecule has 18 heavy (non-hydrogen) atoms. The highest BCUT2D eigenvalue weighted by molar-refractivity contribution is 5.87. The van der Waals surface area contributed by atoms with Gasteiger partial charge in [0.2, 0.25) is 0 Å². The summed E-state index contributed by atoms with van der Waals surface area (Å²) in [4.78, 5) is 43.5. The maximum Gasteiger partial charge on any atom is 0.326 e. The summed E-state index contributed by atoms with van der Waals surface area (Å²) in [5.74, 6) is -2.87. The van der Waals surface area contributed by atoms with Crippen LogP contribution in [-0.4, -0.2) is 55.9 Å². The molecule has 0 aliphatic rings. The highest BCUT2D eigenvalue weighted by Gasteiger charge is 2.23. The van der Waals surface area contributed by atoms with Crippen LogP contribution < -0.4 is 10.6 Å². The monoisotopic (exact) mass is 262 g/mol. The molecule has 0 aromatic carbocycles. The zero-order chi connectivity index (χ0) is 14.1. The van der Waals surface area contributed by atoms with Gasteiger partial charge < -0.3 is 25.2 Å². The van der Waals surface area contributed by atoms with E-state index in [1.807, 2.05) is 5.32 Å². The van der Waals surface area contributed by atoms with Crippen molar-refractivity contribution in [2.24, 2.45) is 0 Å². The molecule has 0 aromatic heterocycles. The summed E-state index contributed by atoms with van der Waals surface area (Å²) < 4.78 is 8.54. The fourth-order valence-corrected chi connectivity index (χ4v) is 0.884. The average molecular weight is 262 g/mol. The Hall–Kier alpha value is -2.32. The first kappa shape index (κ1) is 15.7. The highest BCUT2D eigenvalue weighted by Crippen LogP contribution is 1.94. The second kappa shape index (κ2) is 7.87. The molecule has 0 rings (SSSR count). The van der Waals surface area contributed by atoms with Gasteiger partial charge in [-0.05, 0) is 0 Å². The minimum atomic E-state index is -1.44. The van der Waals surface area contributed by atoms with Gasteiger partial charge in [-0.15, -0.1) is 0 Å². The molecule has 0 saturated carbocycles. The maximum absolute atomic E-state index is 11.2. The minimum Gasteiger partial charge on any atom is -0.480 e. The third-order valence-electron chi connectivity index (χ3n) is 1.82. The van der Waals surface area contributed by atoms with E-state index < -0.39 is 42.9 Å². The van der Waals surface area contributed by atoms with Gasteiger partial charge in [-0.3, -0.25) is 9.59 Å². The van der Waals surface area contributed by atoms with Crippen LogP contribution in [0.4, 0.5) is 4.79 Å². The lowest BCUT2D eigenvalue weighted by Gasteiger charge is -2.13. The van der Waals surface area contributed by atoms with E-state index in [-0.39, 0.29) is 0 Å². The van der Waals surface area contributed by atoms with Gasteiger partial charge in [-0.2, -0.15) is 0 Å². The van der Waals surface area contributed by atoms with Crippen LogP contribution in [0.25, 0.3) is 0 Å². The van der Waals surface area contributed by atoms with E-state index in [1.165, 1.54) is 0 Å². The molecule has 3 N–H and O–H groups in total. The predicted molar refractivity (Wildman–Crippen MR) is 56.6 cm³/mol. The fourth-order valence-electron chi connectivity index (χ4n) is 0.884. The summed E-state index contributed by atoms with van der Waals surface area (Å²) in [5, 5.41) is 12.8. The Labute approximate surface area is 102 Å². The molecule has 0 unspecified atom stereocenters. The fraction of sp³-hybridized carbons (Fsp3) is 0.556. The Kier molecular flexibility index (Phi) is 6.86. The van der Waals surface area contributed by atoms with Crippen LogP contribution in [0.15, 0.2) is 0 Å². The van der Waals surface area contributed by atoms with Gasteiger partial charge in [0.1, 0.15) is 12.6 Å². The molecular weight excluding hydrogens is 248 g/mol. The third kappa shape index (κ3) is 6.30. The van der Waals surface area contributed by atoms with Gasteiger partial charge in [0.15, 0.2) is 0 Å². The first-order chi connectivity index (χ1) is 8.40. The highest BCUT2D eigenvalue weighted by atomic mass is 16.5. The summed E-state index contributed by atoms with van der Waals surface area (Å²) in [6.07, 6.45) is -0.516. The Bertz CT molecular complexity index is 342. The average Bonchev–Trinajstić information content (AvgIpc) is 2.34. The largest absolute Gasteiger partial charge is 0.480 e. The van der Waals surface area contributed by atoms with Gasteiger partial charge >= 0.3 is 23.9 Å². The van der Waals surface area contributed by atoms with Gasteiger partial charge in [0, 0.05) is 0 Å². The molecular formula is C9H14N2O7. The van der Waals surface area contributed by atoms with Crippen molar-refractivity contribution in [1.82, 2.24) is 10.6 Å². The first-order valence-corrected chi connectivity index (χ1v) is 4.81. The lowest BCUT2D eigenvalue weighted by molar-refractivity contribution is -0.147. The quantitative estimate of drug-likeness (QED) is 0.495. The van der Waals surface area contributed by atoms with Crippen LogP contribution in [0.5, 0.6) is 0 Å². The van der Waals surface area contributed by atoms with Crippen LogP contribution in [-0.2, 0) is 23.9 Å². The van der Waals surface area contributed by atoms with Gasteiger partial charge in [-0.25, -0.2) is 9.59 Å². The first-order valence-electron chi connectivity index (χ1n) is 4.81. The van der Waals surface area contributed by atoms with Crippen molar-refractivity contribution in [2.75, 3.05) is 20.8 Å². The molecule has 0 spiro atoms. The lowest BCUT2D eigenvalue weighted by Crippen LogP contribution is -2.48. The molecule has 9 heteroatoms. The molecule has 1 atom stereocenters. The molecule has 0 heterocycles. The number of carbonyl (C=O) groups excluding carboxylic acids is 3. The molecule has 0 fully saturated rings. The number of hydrogen-bond acceptors (Lipinski definition) is 6. The van der Waals surface area contributed by atoms with Crippen molar-refractivity contribution in [3.05, 3.63) is 0 Å². The summed E-state index contributed by atoms with van der Waals surface area (Å²) in [7, 11) is 2.23. The van der Waals surface area contributed by atoms with Crippen LogP contribution in [0.3, 0.4) is 0 Å². The molecule has 0 aliphatic carbocycles. The van der Waals surface area contributed by atoms with Crippen molar-refractivity contribution in [2.45, 2.75) is 12.5 Å². The predicted octanol–water partition coefficient (Wildman–Crippen LogP) is -1.53. The third-order valence-corrected chi connectivity index (χ3v) is 1.82. The number of carbonyl (C=O) groups is 4. The van der Waals surface area contributed by atoms with E-state index >= 15 is 0 Å². The summed E-state index contributed by atoms with van der Waals surface area (Å²) >= 11 is 0. The molecule has 102 valence electrons. The molecule has 0 radical (unpaired) electrons. The number of nitrogens with one attached hydrogen (secondary N) is 2. The lowest BCUT2D eigenvalue weighted by atomic mass is 10.2. The van der Waals surface area contributed by atoms with Crippen molar-refractivity contribution in [1.29, 1.82) is 0 Å². The van der Waals surface area contributed by atoms with E-state index in [9.17, 15) is 19.2 Å². The Morgan fingerprint density at radius 3 is 2.11 bits per heavy atom. The molecule has 0 bridgehead atoms. The number of rotatable bonds is 6. The number of hydrogen-bond donors (Lipinski definition) is 3. The Morgan fingerprint density at radius 1 is 1.11 bits per heavy atom. The van der Waals surface area contributed by atoms with Gasteiger partial charge in [0.25, 0.3) is 0 Å². The topological polar surface area (TPSA) is 131 Å². The molecule has 2 amide bonds. The normalized spacial score (nSPS) is 11.0. The Balaban J connectivity index is 4.24. The van der Waals surface area contributed by atoms with E-state index in [4.69, 9.17) is 5.11 Å². The molecule has 0 saturated heterocycles. The zero-order valence-electron chi connectivity index (χ0n) is 9.89. The van der Waals surface area contributed by atoms with E-state index in [0.29, 0.717) is 0 Å². The van der Waals surface area contributed by atoms with Crippen LogP contribution in [0.1, 0.15) is 6.42 Å². The second-order valence-electron chi connectivity index (χ2n) is 3.07. The smallest absolute Gasteiger partial charge is 0.326 e. The van der Waals surface area contributed by atoms with Crippen LogP contribution >= 0.6 is 0 Å². The SMILES string of the molecule is COC(=O)CNC(=O)N[C@@H](CC(=O)OC)C(=O)O. The second-order valence-corrected chi connectivity index (χ2v) is 3.07.